The Morgan fingerprint density at radius 2 is 2.23 bits per heavy atom. The fraction of sp³-hybridized carbons (Fsp3) is 0.529. The number of carboxylic acids is 1. The van der Waals surface area contributed by atoms with Gasteiger partial charge in [0.05, 0.1) is 18.3 Å². The van der Waals surface area contributed by atoms with E-state index in [9.17, 15) is 14.4 Å². The van der Waals surface area contributed by atoms with Gasteiger partial charge in [-0.25, -0.2) is 4.98 Å². The Bertz CT molecular complexity index is 856. The zero-order valence-corrected chi connectivity index (χ0v) is 15.4. The molecule has 3 rings (SSSR count). The topological polar surface area (TPSA) is 105 Å². The summed E-state index contributed by atoms with van der Waals surface area (Å²) in [6.07, 6.45) is 3.22. The molecule has 8 nitrogen and oxygen atoms in total. The van der Waals surface area contributed by atoms with Crippen LogP contribution >= 0.6 is 11.3 Å². The molecular weight excluding hydrogens is 356 g/mol. The van der Waals surface area contributed by atoms with Crippen LogP contribution in [0.5, 0.6) is 0 Å². The number of nitrogens with one attached hydrogen (secondary N) is 1. The number of aryl methyl sites for hydroxylation is 1. The number of hydrogen-bond donors (Lipinski definition) is 2. The summed E-state index contributed by atoms with van der Waals surface area (Å²) in [4.78, 5) is 42.1. The van der Waals surface area contributed by atoms with Crippen molar-refractivity contribution >= 4 is 33.4 Å². The molecule has 0 bridgehead atoms. The van der Waals surface area contributed by atoms with E-state index in [2.05, 4.69) is 10.3 Å². The molecule has 2 heterocycles. The molecule has 140 valence electrons. The molecule has 0 unspecified atom stereocenters. The Hall–Kier alpha value is -2.26. The number of rotatable bonds is 8. The second-order valence-electron chi connectivity index (χ2n) is 6.48. The molecule has 0 aromatic carbocycles. The number of nitrogens with zero attached hydrogens (tertiary/aromatic N) is 3. The van der Waals surface area contributed by atoms with Crippen LogP contribution in [0.4, 0.5) is 0 Å². The lowest BCUT2D eigenvalue weighted by Gasteiger charge is -2.42. The van der Waals surface area contributed by atoms with Gasteiger partial charge in [0, 0.05) is 25.0 Å². The highest BCUT2D eigenvalue weighted by Gasteiger charge is 2.34. The van der Waals surface area contributed by atoms with Crippen LogP contribution in [0.3, 0.4) is 0 Å². The van der Waals surface area contributed by atoms with Crippen LogP contribution in [0.25, 0.3) is 10.2 Å². The summed E-state index contributed by atoms with van der Waals surface area (Å²) in [5.74, 6) is -0.937. The Morgan fingerprint density at radius 3 is 2.92 bits per heavy atom. The van der Waals surface area contributed by atoms with Crippen molar-refractivity contribution in [1.82, 2.24) is 19.8 Å². The van der Waals surface area contributed by atoms with Crippen LogP contribution in [0.1, 0.15) is 26.2 Å². The lowest BCUT2D eigenvalue weighted by atomic mass is 9.85. The third-order valence-electron chi connectivity index (χ3n) is 4.77. The van der Waals surface area contributed by atoms with E-state index < -0.39 is 5.97 Å². The molecule has 2 N–H and O–H groups in total. The van der Waals surface area contributed by atoms with Crippen LogP contribution in [0.15, 0.2) is 22.6 Å². The van der Waals surface area contributed by atoms with E-state index in [4.69, 9.17) is 5.11 Å². The number of carbonyl (C=O) groups excluding carboxylic acids is 1. The quantitative estimate of drug-likeness (QED) is 0.707. The second-order valence-corrected chi connectivity index (χ2v) is 7.37. The summed E-state index contributed by atoms with van der Waals surface area (Å²) >= 11 is 1.42. The molecule has 2 aromatic heterocycles. The number of hydrogen-bond acceptors (Lipinski definition) is 6. The number of carboxylic acid groups (broad SMARTS) is 1. The van der Waals surface area contributed by atoms with Crippen LogP contribution < -0.4 is 10.9 Å². The molecule has 1 aliphatic rings. The third kappa shape index (κ3) is 4.10. The van der Waals surface area contributed by atoms with Gasteiger partial charge in [-0.05, 0) is 30.8 Å². The number of fused-ring (bicyclic) bond motifs is 1. The summed E-state index contributed by atoms with van der Waals surface area (Å²) in [6.45, 7) is 2.94. The van der Waals surface area contributed by atoms with Crippen LogP contribution in [0.2, 0.25) is 0 Å². The van der Waals surface area contributed by atoms with Gasteiger partial charge in [0.1, 0.15) is 4.83 Å². The van der Waals surface area contributed by atoms with Gasteiger partial charge in [0.2, 0.25) is 5.91 Å². The van der Waals surface area contributed by atoms with Crippen molar-refractivity contribution in [2.45, 2.75) is 44.8 Å². The first kappa shape index (κ1) is 18.5. The molecule has 2 aromatic rings. The molecule has 0 saturated heterocycles. The van der Waals surface area contributed by atoms with Gasteiger partial charge in [0.25, 0.3) is 5.56 Å². The van der Waals surface area contributed by atoms with Crippen molar-refractivity contribution in [2.75, 3.05) is 13.1 Å². The van der Waals surface area contributed by atoms with Gasteiger partial charge in [-0.3, -0.25) is 23.9 Å². The van der Waals surface area contributed by atoms with E-state index in [0.29, 0.717) is 23.3 Å². The molecule has 0 radical (unpaired) electrons. The average Bonchev–Trinajstić information content (AvgIpc) is 3.04. The summed E-state index contributed by atoms with van der Waals surface area (Å²) in [6, 6.07) is 2.02. The molecule has 1 amide bonds. The van der Waals surface area contributed by atoms with Gasteiger partial charge in [0.15, 0.2) is 0 Å². The Kier molecular flexibility index (Phi) is 5.67. The number of likely N-dealkylation sites (N-methyl/N-ethyl adjacent to an activating group) is 1. The molecule has 1 fully saturated rings. The van der Waals surface area contributed by atoms with E-state index in [-0.39, 0.29) is 36.5 Å². The number of thiophene rings is 1. The standard InChI is InChI=1S/C17H22N4O4S/c1-2-20(9-15(23)24)12-7-11(8-12)19-14(22)3-5-21-10-18-16-13(17(21)25)4-6-26-16/h4,6,10-12H,2-3,5,7-9H2,1H3,(H,19,22)(H,23,24). The zero-order valence-electron chi connectivity index (χ0n) is 14.6. The van der Waals surface area contributed by atoms with Gasteiger partial charge in [-0.2, -0.15) is 0 Å². The first-order valence-electron chi connectivity index (χ1n) is 8.65. The maximum Gasteiger partial charge on any atom is 0.317 e. The molecule has 0 spiro atoms. The number of aromatic nitrogens is 2. The SMILES string of the molecule is CCN(CC(=O)O)C1CC(NC(=O)CCn2cnc3sccc3c2=O)C1. The smallest absolute Gasteiger partial charge is 0.317 e. The van der Waals surface area contributed by atoms with Gasteiger partial charge in [-0.15, -0.1) is 11.3 Å². The fourth-order valence-electron chi connectivity index (χ4n) is 3.25. The average molecular weight is 378 g/mol. The summed E-state index contributed by atoms with van der Waals surface area (Å²) in [7, 11) is 0. The summed E-state index contributed by atoms with van der Waals surface area (Å²) in [5, 5.41) is 14.3. The molecule has 26 heavy (non-hydrogen) atoms. The summed E-state index contributed by atoms with van der Waals surface area (Å²) in [5.41, 5.74) is -0.125. The van der Waals surface area contributed by atoms with E-state index >= 15 is 0 Å². The fourth-order valence-corrected chi connectivity index (χ4v) is 3.97. The van der Waals surface area contributed by atoms with Crippen LogP contribution in [-0.4, -0.2) is 56.6 Å². The minimum atomic E-state index is -0.832. The van der Waals surface area contributed by atoms with Crippen molar-refractivity contribution in [3.8, 4) is 0 Å². The number of carbonyl (C=O) groups is 2. The second kappa shape index (κ2) is 7.96. The van der Waals surface area contributed by atoms with Crippen molar-refractivity contribution in [2.24, 2.45) is 0 Å². The Balaban J connectivity index is 1.46. The van der Waals surface area contributed by atoms with Crippen LogP contribution in [-0.2, 0) is 16.1 Å². The van der Waals surface area contributed by atoms with Crippen molar-refractivity contribution < 1.29 is 14.7 Å². The Morgan fingerprint density at radius 1 is 1.46 bits per heavy atom. The van der Waals surface area contributed by atoms with Crippen molar-refractivity contribution in [3.63, 3.8) is 0 Å². The molecule has 0 atom stereocenters. The minimum Gasteiger partial charge on any atom is -0.480 e. The Labute approximate surface area is 154 Å². The van der Waals surface area contributed by atoms with Crippen molar-refractivity contribution in [1.29, 1.82) is 0 Å². The maximum absolute atomic E-state index is 12.3. The van der Waals surface area contributed by atoms with Gasteiger partial charge < -0.3 is 10.4 Å². The molecule has 1 aliphatic carbocycles. The highest BCUT2D eigenvalue weighted by Crippen LogP contribution is 2.25. The lowest BCUT2D eigenvalue weighted by Crippen LogP contribution is -2.54. The van der Waals surface area contributed by atoms with E-state index in [0.717, 1.165) is 12.8 Å². The molecule has 1 saturated carbocycles. The number of amides is 1. The largest absolute Gasteiger partial charge is 0.480 e. The first-order chi connectivity index (χ1) is 12.5. The zero-order chi connectivity index (χ0) is 18.7. The third-order valence-corrected chi connectivity index (χ3v) is 5.59. The monoisotopic (exact) mass is 378 g/mol. The highest BCUT2D eigenvalue weighted by atomic mass is 32.1. The first-order valence-corrected chi connectivity index (χ1v) is 9.53. The number of aliphatic carboxylic acids is 1. The van der Waals surface area contributed by atoms with E-state index in [1.54, 1.807) is 6.07 Å². The van der Waals surface area contributed by atoms with Crippen LogP contribution in [0, 0.1) is 0 Å². The summed E-state index contributed by atoms with van der Waals surface area (Å²) < 4.78 is 1.46. The molecule has 0 aliphatic heterocycles. The van der Waals surface area contributed by atoms with Gasteiger partial charge >= 0.3 is 5.97 Å². The predicted molar refractivity (Wildman–Crippen MR) is 98.3 cm³/mol. The lowest BCUT2D eigenvalue weighted by molar-refractivity contribution is -0.139. The van der Waals surface area contributed by atoms with E-state index in [1.807, 2.05) is 17.2 Å². The molecular formula is C17H22N4O4S. The predicted octanol–water partition coefficient (Wildman–Crippen LogP) is 0.902. The van der Waals surface area contributed by atoms with Gasteiger partial charge in [-0.1, -0.05) is 6.92 Å². The van der Waals surface area contributed by atoms with Crippen molar-refractivity contribution in [3.05, 3.63) is 28.1 Å². The highest BCUT2D eigenvalue weighted by molar-refractivity contribution is 7.16. The molecule has 9 heteroatoms. The normalized spacial score (nSPS) is 19.5. The maximum atomic E-state index is 12.3. The minimum absolute atomic E-state index is 0.0306. The van der Waals surface area contributed by atoms with E-state index in [1.165, 1.54) is 22.2 Å².